The van der Waals surface area contributed by atoms with Gasteiger partial charge in [-0.25, -0.2) is 4.98 Å². The second-order valence-electron chi connectivity index (χ2n) is 14.6. The van der Waals surface area contributed by atoms with Crippen LogP contribution in [-0.4, -0.2) is 68.1 Å². The second kappa shape index (κ2) is 18.8. The average Bonchev–Trinajstić information content (AvgIpc) is 3.79. The maximum absolute atomic E-state index is 14.1. The highest BCUT2D eigenvalue weighted by Crippen LogP contribution is 2.45. The van der Waals surface area contributed by atoms with Crippen LogP contribution in [0, 0.1) is 17.8 Å². The number of β-lactam (4-membered cyclic amide) rings is 1. The predicted molar refractivity (Wildman–Crippen MR) is 248 cm³/mol. The number of hydrogen-bond donors (Lipinski definition) is 2. The Balaban J connectivity index is 1.01. The molecule has 2 unspecified atom stereocenters. The van der Waals surface area contributed by atoms with Crippen LogP contribution in [0.1, 0.15) is 39.6 Å². The van der Waals surface area contributed by atoms with Crippen LogP contribution in [0.2, 0.25) is 0 Å². The van der Waals surface area contributed by atoms with E-state index in [0.717, 1.165) is 27.8 Å². The van der Waals surface area contributed by atoms with Gasteiger partial charge in [0.15, 0.2) is 23.6 Å². The number of terminal acetylenes is 1. The van der Waals surface area contributed by atoms with E-state index >= 15 is 0 Å². The van der Waals surface area contributed by atoms with Crippen LogP contribution in [0.5, 0.6) is 0 Å². The number of alkyl halides is 1. The van der Waals surface area contributed by atoms with Gasteiger partial charge in [-0.1, -0.05) is 185 Å². The van der Waals surface area contributed by atoms with Gasteiger partial charge >= 0.3 is 5.97 Å². The van der Waals surface area contributed by atoms with E-state index in [1.807, 2.05) is 115 Å². The van der Waals surface area contributed by atoms with E-state index in [2.05, 4.69) is 80.7 Å². The third-order valence-corrected chi connectivity index (χ3v) is 14.5. The third-order valence-electron chi connectivity index (χ3n) is 10.7. The van der Waals surface area contributed by atoms with E-state index in [-0.39, 0.29) is 36.4 Å². The minimum Gasteiger partial charge on any atom is -0.452 e. The van der Waals surface area contributed by atoms with Gasteiger partial charge in [-0.05, 0) is 27.8 Å². The van der Waals surface area contributed by atoms with Crippen molar-refractivity contribution in [3.8, 4) is 12.3 Å². The van der Waals surface area contributed by atoms with E-state index in [4.69, 9.17) is 21.0 Å². The zero-order chi connectivity index (χ0) is 42.2. The number of nitrogens with one attached hydrogen (secondary N) is 2. The molecule has 0 radical (unpaired) electrons. The van der Waals surface area contributed by atoms with Crippen LogP contribution in [0.25, 0.3) is 0 Å². The highest BCUT2D eigenvalue weighted by atomic mass is 127. The Hall–Kier alpha value is -5.95. The molecule has 2 aliphatic heterocycles. The molecule has 13 heteroatoms. The van der Waals surface area contributed by atoms with Crippen LogP contribution in [0.3, 0.4) is 0 Å². The number of benzene rings is 5. The van der Waals surface area contributed by atoms with Crippen molar-refractivity contribution in [2.24, 2.45) is 10.6 Å². The number of amides is 2. The van der Waals surface area contributed by atoms with Gasteiger partial charge in [0.1, 0.15) is 28.1 Å². The fourth-order valence-corrected chi connectivity index (χ4v) is 11.1. The molecule has 61 heavy (non-hydrogen) atoms. The van der Waals surface area contributed by atoms with Crippen LogP contribution in [-0.2, 0) is 29.5 Å². The Bertz CT molecular complexity index is 2400. The quantitative estimate of drug-likeness (QED) is 0.0122. The van der Waals surface area contributed by atoms with Gasteiger partial charge in [-0.2, -0.15) is 0 Å². The Labute approximate surface area is 376 Å². The summed E-state index contributed by atoms with van der Waals surface area (Å²) in [7, 11) is 0. The summed E-state index contributed by atoms with van der Waals surface area (Å²) >= 11 is 4.95. The number of esters is 1. The molecule has 2 fully saturated rings. The SMILES string of the molecule is C#CCON=C(C(=O)NC1C(=O)N2CC(CI)(C(=O)OC(c3ccccc3)c3ccccc3)CS[C@H]12)c1csc(NC(c2ccccc2)(c2ccccc2)c2ccccc2)n1. The van der Waals surface area contributed by atoms with Crippen molar-refractivity contribution in [1.82, 2.24) is 15.2 Å². The van der Waals surface area contributed by atoms with Crippen LogP contribution in [0.15, 0.2) is 162 Å². The van der Waals surface area contributed by atoms with Crippen LogP contribution < -0.4 is 10.6 Å². The topological polar surface area (TPSA) is 122 Å². The van der Waals surface area contributed by atoms with Crippen LogP contribution >= 0.6 is 45.7 Å². The summed E-state index contributed by atoms with van der Waals surface area (Å²) < 4.78 is 6.74. The number of nitrogens with zero attached hydrogens (tertiary/aromatic N) is 3. The first-order valence-electron chi connectivity index (χ1n) is 19.5. The van der Waals surface area contributed by atoms with Crippen molar-refractivity contribution in [3.63, 3.8) is 0 Å². The molecule has 306 valence electrons. The number of halogens is 1. The average molecular weight is 958 g/mol. The highest BCUT2D eigenvalue weighted by molar-refractivity contribution is 14.1. The van der Waals surface area contributed by atoms with Crippen molar-refractivity contribution in [2.45, 2.75) is 23.1 Å². The second-order valence-corrected chi connectivity index (χ2v) is 17.3. The molecule has 2 N–H and O–H groups in total. The normalized spacial score (nSPS) is 18.6. The van der Waals surface area contributed by atoms with Crippen molar-refractivity contribution in [3.05, 3.63) is 191 Å². The Morgan fingerprint density at radius 2 is 1.39 bits per heavy atom. The van der Waals surface area contributed by atoms with E-state index < -0.39 is 34.4 Å². The number of carbonyl (C=O) groups is 3. The molecular formula is C48H40IN5O5S2. The van der Waals surface area contributed by atoms with E-state index in [1.165, 1.54) is 23.1 Å². The number of oxime groups is 1. The number of ether oxygens (including phenoxy) is 1. The first kappa shape index (κ1) is 41.8. The van der Waals surface area contributed by atoms with Gasteiger partial charge in [0.05, 0.1) is 0 Å². The van der Waals surface area contributed by atoms with Crippen molar-refractivity contribution in [2.75, 3.05) is 28.6 Å². The summed E-state index contributed by atoms with van der Waals surface area (Å²) in [5.74, 6) is 1.43. The molecule has 2 aliphatic rings. The van der Waals surface area contributed by atoms with Gasteiger partial charge in [-0.3, -0.25) is 14.4 Å². The molecule has 10 nitrogen and oxygen atoms in total. The molecule has 0 aliphatic carbocycles. The Kier molecular flexibility index (Phi) is 12.8. The molecule has 3 heterocycles. The van der Waals surface area contributed by atoms with E-state index in [9.17, 15) is 14.4 Å². The lowest BCUT2D eigenvalue weighted by atomic mass is 9.77. The molecule has 0 spiro atoms. The molecule has 0 bridgehead atoms. The van der Waals surface area contributed by atoms with Gasteiger partial charge in [0, 0.05) is 22.1 Å². The number of aromatic nitrogens is 1. The van der Waals surface area contributed by atoms with Crippen molar-refractivity contribution in [1.29, 1.82) is 0 Å². The number of fused-ring (bicyclic) bond motifs is 1. The highest BCUT2D eigenvalue weighted by Gasteiger charge is 2.58. The lowest BCUT2D eigenvalue weighted by Gasteiger charge is -2.53. The van der Waals surface area contributed by atoms with E-state index in [0.29, 0.717) is 15.3 Å². The summed E-state index contributed by atoms with van der Waals surface area (Å²) in [4.78, 5) is 54.0. The first-order chi connectivity index (χ1) is 29.9. The Morgan fingerprint density at radius 3 is 1.90 bits per heavy atom. The molecule has 1 aromatic heterocycles. The summed E-state index contributed by atoms with van der Waals surface area (Å²) in [6.45, 7) is -0.0169. The summed E-state index contributed by atoms with van der Waals surface area (Å²) in [6, 6.07) is 48.7. The standard InChI is InChI=1S/C48H40IN5O5S2/c1-2-28-58-53-39(38-29-60-46(50-38)52-48(35-22-12-5-13-23-35,36-24-14-6-15-25-36)37-26-16-7-17-27-37)42(55)51-40-43(56)54-31-47(30-49,32-61-44(40)54)45(57)59-41(33-18-8-3-9-19-33)34-20-10-4-11-21-34/h1,3-27,29,40-41,44H,28,30-32H2,(H,50,52)(H,51,55)/t40?,44-,47?/m1/s1. The number of thioether (sulfide) groups is 1. The number of anilines is 1. The number of carbonyl (C=O) groups excluding carboxylic acids is 3. The molecule has 6 aromatic rings. The monoisotopic (exact) mass is 957 g/mol. The van der Waals surface area contributed by atoms with Gasteiger partial charge in [0.2, 0.25) is 5.91 Å². The minimum atomic E-state index is -0.956. The third kappa shape index (κ3) is 8.53. The fraction of sp³-hybridized carbons (Fsp3) is 0.188. The minimum absolute atomic E-state index is 0.130. The zero-order valence-corrected chi connectivity index (χ0v) is 36.5. The maximum Gasteiger partial charge on any atom is 0.316 e. The molecule has 2 saturated heterocycles. The van der Waals surface area contributed by atoms with Crippen molar-refractivity contribution < 1.29 is 24.0 Å². The zero-order valence-electron chi connectivity index (χ0n) is 32.7. The molecule has 3 atom stereocenters. The lowest BCUT2D eigenvalue weighted by molar-refractivity contribution is -0.163. The van der Waals surface area contributed by atoms with Crippen molar-refractivity contribution >= 4 is 74.3 Å². The number of thiazole rings is 1. The fourth-order valence-electron chi connectivity index (χ4n) is 7.63. The number of rotatable bonds is 15. The summed E-state index contributed by atoms with van der Waals surface area (Å²) in [5.41, 5.74) is 2.95. The maximum atomic E-state index is 14.1. The smallest absolute Gasteiger partial charge is 0.316 e. The largest absolute Gasteiger partial charge is 0.452 e. The number of hydrogen-bond acceptors (Lipinski definition) is 10. The predicted octanol–water partition coefficient (Wildman–Crippen LogP) is 8.06. The molecule has 5 aromatic carbocycles. The first-order valence-corrected chi connectivity index (χ1v) is 23.0. The van der Waals surface area contributed by atoms with E-state index in [1.54, 1.807) is 10.3 Å². The molecule has 2 amide bonds. The molecule has 8 rings (SSSR count). The summed E-state index contributed by atoms with van der Waals surface area (Å²) in [6.07, 6.45) is 4.85. The Morgan fingerprint density at radius 1 is 0.869 bits per heavy atom. The molecular weight excluding hydrogens is 918 g/mol. The van der Waals surface area contributed by atoms with Gasteiger partial charge < -0.3 is 25.1 Å². The molecule has 0 saturated carbocycles. The summed E-state index contributed by atoms with van der Waals surface area (Å²) in [5, 5.41) is 12.6. The lowest BCUT2D eigenvalue weighted by Crippen LogP contribution is -2.74. The van der Waals surface area contributed by atoms with Gasteiger partial charge in [-0.15, -0.1) is 29.5 Å². The van der Waals surface area contributed by atoms with Crippen LogP contribution in [0.4, 0.5) is 5.13 Å². The van der Waals surface area contributed by atoms with Gasteiger partial charge in [0.25, 0.3) is 5.91 Å².